The Morgan fingerprint density at radius 3 is 2.71 bits per heavy atom. The average molecular weight is 349 g/mol. The van der Waals surface area contributed by atoms with E-state index in [4.69, 9.17) is 9.47 Å². The topological polar surface area (TPSA) is 73.3 Å². The normalized spacial score (nSPS) is 11.7. The molecular formula is C17H23N3O3S. The molecule has 0 aromatic carbocycles. The zero-order valence-corrected chi connectivity index (χ0v) is 15.2. The van der Waals surface area contributed by atoms with Crippen LogP contribution in [0.1, 0.15) is 39.0 Å². The maximum atomic E-state index is 11.9. The van der Waals surface area contributed by atoms with Crippen molar-refractivity contribution < 1.29 is 14.3 Å². The molecule has 0 aliphatic carbocycles. The van der Waals surface area contributed by atoms with Crippen LogP contribution in [0.5, 0.6) is 0 Å². The molecule has 2 aromatic rings. The molecule has 0 aliphatic rings. The summed E-state index contributed by atoms with van der Waals surface area (Å²) in [6.07, 6.45) is 3.48. The molecule has 2 rings (SSSR count). The number of hydrogen-bond donors (Lipinski definition) is 1. The highest BCUT2D eigenvalue weighted by atomic mass is 32.1. The summed E-state index contributed by atoms with van der Waals surface area (Å²) < 4.78 is 11.3. The highest BCUT2D eigenvalue weighted by Gasteiger charge is 2.26. The Kier molecular flexibility index (Phi) is 6.42. The Hall–Kier alpha value is -1.83. The molecule has 7 heteroatoms. The molecule has 0 unspecified atom stereocenters. The molecule has 24 heavy (non-hydrogen) atoms. The monoisotopic (exact) mass is 349 g/mol. The summed E-state index contributed by atoms with van der Waals surface area (Å²) >= 11 is 1.37. The van der Waals surface area contributed by atoms with Crippen LogP contribution >= 0.6 is 11.3 Å². The molecule has 6 nitrogen and oxygen atoms in total. The van der Waals surface area contributed by atoms with Gasteiger partial charge in [-0.25, -0.2) is 4.98 Å². The number of nitrogens with one attached hydrogen (secondary N) is 1. The van der Waals surface area contributed by atoms with Gasteiger partial charge in [-0.15, -0.1) is 11.3 Å². The third-order valence-electron chi connectivity index (χ3n) is 3.15. The van der Waals surface area contributed by atoms with E-state index in [1.807, 2.05) is 45.2 Å². The molecule has 0 atom stereocenters. The zero-order valence-electron chi connectivity index (χ0n) is 14.4. The van der Waals surface area contributed by atoms with Gasteiger partial charge in [-0.05, 0) is 45.4 Å². The van der Waals surface area contributed by atoms with E-state index in [0.29, 0.717) is 11.7 Å². The first-order chi connectivity index (χ1) is 11.4. The highest BCUT2D eigenvalue weighted by molar-refractivity contribution is 7.13. The van der Waals surface area contributed by atoms with Crippen LogP contribution in [0.25, 0.3) is 0 Å². The summed E-state index contributed by atoms with van der Waals surface area (Å²) in [4.78, 5) is 20.3. The first-order valence-corrected chi connectivity index (χ1v) is 8.65. The fourth-order valence-electron chi connectivity index (χ4n) is 2.15. The molecule has 0 aliphatic heterocycles. The quantitative estimate of drug-likeness (QED) is 0.791. The van der Waals surface area contributed by atoms with Crippen molar-refractivity contribution in [3.05, 3.63) is 41.2 Å². The van der Waals surface area contributed by atoms with Crippen molar-refractivity contribution in [3.8, 4) is 0 Å². The lowest BCUT2D eigenvalue weighted by Gasteiger charge is -2.25. The first kappa shape index (κ1) is 18.5. The number of carbonyl (C=O) groups is 1. The summed E-state index contributed by atoms with van der Waals surface area (Å²) in [6, 6.07) is 3.70. The Morgan fingerprint density at radius 1 is 1.33 bits per heavy atom. The van der Waals surface area contributed by atoms with Gasteiger partial charge in [0.1, 0.15) is 12.2 Å². The first-order valence-electron chi connectivity index (χ1n) is 7.77. The maximum Gasteiger partial charge on any atom is 0.252 e. The number of amides is 1. The number of nitrogens with zero attached hydrogens (tertiary/aromatic N) is 2. The van der Waals surface area contributed by atoms with E-state index in [0.717, 1.165) is 11.3 Å². The van der Waals surface area contributed by atoms with Crippen LogP contribution in [0.2, 0.25) is 0 Å². The number of pyridine rings is 1. The van der Waals surface area contributed by atoms with Gasteiger partial charge in [0.15, 0.2) is 5.13 Å². The Labute approximate surface area is 146 Å². The molecule has 2 heterocycles. The van der Waals surface area contributed by atoms with Gasteiger partial charge >= 0.3 is 0 Å². The fraction of sp³-hybridized carbons (Fsp3) is 0.471. The molecular weight excluding hydrogens is 326 g/mol. The van der Waals surface area contributed by atoms with Gasteiger partial charge in [0.05, 0.1) is 18.4 Å². The average Bonchev–Trinajstić information content (AvgIpc) is 2.96. The molecule has 2 aromatic heterocycles. The van der Waals surface area contributed by atoms with E-state index in [2.05, 4.69) is 15.3 Å². The van der Waals surface area contributed by atoms with E-state index in [9.17, 15) is 4.79 Å². The molecule has 0 saturated carbocycles. The summed E-state index contributed by atoms with van der Waals surface area (Å²) in [5, 5.41) is 5.19. The summed E-state index contributed by atoms with van der Waals surface area (Å²) in [7, 11) is 0. The molecule has 0 spiro atoms. The predicted molar refractivity (Wildman–Crippen MR) is 93.9 cm³/mol. The minimum Gasteiger partial charge on any atom is -0.367 e. The van der Waals surface area contributed by atoms with Crippen LogP contribution in [0.15, 0.2) is 29.9 Å². The number of rotatable bonds is 8. The van der Waals surface area contributed by atoms with Gasteiger partial charge < -0.3 is 9.47 Å². The molecule has 1 amide bonds. The number of carbonyl (C=O) groups excluding carboxylic acids is 1. The van der Waals surface area contributed by atoms with E-state index in [1.165, 1.54) is 11.3 Å². The summed E-state index contributed by atoms with van der Waals surface area (Å²) in [5.41, 5.74) is 1.28. The molecule has 0 radical (unpaired) electrons. The number of hydrogen-bond acceptors (Lipinski definition) is 6. The highest BCUT2D eigenvalue weighted by Crippen LogP contribution is 2.29. The van der Waals surface area contributed by atoms with Gasteiger partial charge in [-0.3, -0.25) is 15.1 Å². The van der Waals surface area contributed by atoms with Crippen molar-refractivity contribution in [2.45, 2.75) is 46.0 Å². The van der Waals surface area contributed by atoms with Crippen molar-refractivity contribution in [1.82, 2.24) is 9.97 Å². The van der Waals surface area contributed by atoms with E-state index in [1.54, 1.807) is 12.4 Å². The Bertz CT molecular complexity index is 656. The number of thiazole rings is 1. The molecule has 0 bridgehead atoms. The lowest BCUT2D eigenvalue weighted by atomic mass is 10.1. The van der Waals surface area contributed by atoms with Crippen LogP contribution < -0.4 is 5.32 Å². The predicted octanol–water partition coefficient (Wildman–Crippen LogP) is 3.35. The van der Waals surface area contributed by atoms with Crippen LogP contribution in [-0.2, 0) is 26.5 Å². The van der Waals surface area contributed by atoms with Gasteiger partial charge in [0.25, 0.3) is 5.91 Å². The van der Waals surface area contributed by atoms with E-state index >= 15 is 0 Å². The second-order valence-electron chi connectivity index (χ2n) is 6.11. The minimum absolute atomic E-state index is 0.0247. The third kappa shape index (κ3) is 5.67. The molecule has 0 saturated heterocycles. The van der Waals surface area contributed by atoms with Crippen LogP contribution in [0.4, 0.5) is 5.13 Å². The minimum atomic E-state index is -0.495. The SMILES string of the molecule is CC(C)OC(C)(C)c1csc(NC(=O)COCc2ccncc2)n1. The number of ether oxygens (including phenoxy) is 2. The van der Waals surface area contributed by atoms with Gasteiger partial charge in [0, 0.05) is 17.8 Å². The van der Waals surface area contributed by atoms with Gasteiger partial charge in [0.2, 0.25) is 0 Å². The third-order valence-corrected chi connectivity index (χ3v) is 3.91. The van der Waals surface area contributed by atoms with Crippen LogP contribution in [-0.4, -0.2) is 28.6 Å². The second kappa shape index (κ2) is 8.32. The summed E-state index contributed by atoms with van der Waals surface area (Å²) in [5.74, 6) is -0.229. The smallest absolute Gasteiger partial charge is 0.252 e. The van der Waals surface area contributed by atoms with E-state index in [-0.39, 0.29) is 18.6 Å². The van der Waals surface area contributed by atoms with Crippen molar-refractivity contribution >= 4 is 22.4 Å². The van der Waals surface area contributed by atoms with Gasteiger partial charge in [-0.2, -0.15) is 0 Å². The standard InChI is InChI=1S/C17H23N3O3S/c1-12(2)23-17(3,4)14-11-24-16(19-14)20-15(21)10-22-9-13-5-7-18-8-6-13/h5-8,11-12H,9-10H2,1-4H3,(H,19,20,21). The van der Waals surface area contributed by atoms with Crippen molar-refractivity contribution in [2.75, 3.05) is 11.9 Å². The number of aromatic nitrogens is 2. The van der Waals surface area contributed by atoms with Crippen LogP contribution in [0.3, 0.4) is 0 Å². The van der Waals surface area contributed by atoms with E-state index < -0.39 is 5.60 Å². The Morgan fingerprint density at radius 2 is 2.04 bits per heavy atom. The maximum absolute atomic E-state index is 11.9. The number of anilines is 1. The molecule has 0 fully saturated rings. The van der Waals surface area contributed by atoms with Crippen LogP contribution in [0, 0.1) is 0 Å². The summed E-state index contributed by atoms with van der Waals surface area (Å²) in [6.45, 7) is 8.24. The van der Waals surface area contributed by atoms with Crippen molar-refractivity contribution in [1.29, 1.82) is 0 Å². The lowest BCUT2D eigenvalue weighted by Crippen LogP contribution is -2.26. The Balaban J connectivity index is 1.82. The lowest BCUT2D eigenvalue weighted by molar-refractivity contribution is -0.121. The molecule has 130 valence electrons. The second-order valence-corrected chi connectivity index (χ2v) is 6.97. The fourth-order valence-corrected chi connectivity index (χ4v) is 3.04. The van der Waals surface area contributed by atoms with Gasteiger partial charge in [-0.1, -0.05) is 0 Å². The van der Waals surface area contributed by atoms with Crippen molar-refractivity contribution in [3.63, 3.8) is 0 Å². The molecule has 1 N–H and O–H groups in total. The van der Waals surface area contributed by atoms with Crippen molar-refractivity contribution in [2.24, 2.45) is 0 Å². The largest absolute Gasteiger partial charge is 0.367 e. The zero-order chi connectivity index (χ0) is 17.6.